The lowest BCUT2D eigenvalue weighted by Gasteiger charge is -2.23. The van der Waals surface area contributed by atoms with Crippen LogP contribution in [0.4, 0.5) is 0 Å². The van der Waals surface area contributed by atoms with Gasteiger partial charge < -0.3 is 9.47 Å². The quantitative estimate of drug-likeness (QED) is 0.695. The summed E-state index contributed by atoms with van der Waals surface area (Å²) in [5, 5.41) is 0. The van der Waals surface area contributed by atoms with Gasteiger partial charge in [-0.05, 0) is 25.7 Å². The van der Waals surface area contributed by atoms with Crippen molar-refractivity contribution in [2.75, 3.05) is 6.61 Å². The summed E-state index contributed by atoms with van der Waals surface area (Å²) in [6.45, 7) is 10.9. The van der Waals surface area contributed by atoms with Gasteiger partial charge in [-0.2, -0.15) is 0 Å². The van der Waals surface area contributed by atoms with Gasteiger partial charge in [-0.25, -0.2) is 4.79 Å². The highest BCUT2D eigenvalue weighted by atomic mass is 16.6. The van der Waals surface area contributed by atoms with E-state index in [0.29, 0.717) is 6.61 Å². The second-order valence-electron chi connectivity index (χ2n) is 5.55. The number of carbonyl (C=O) groups excluding carboxylic acids is 2. The van der Waals surface area contributed by atoms with E-state index in [-0.39, 0.29) is 5.41 Å². The Morgan fingerprint density at radius 1 is 1.06 bits per heavy atom. The van der Waals surface area contributed by atoms with Gasteiger partial charge in [0.25, 0.3) is 0 Å². The minimum Gasteiger partial charge on any atom is -0.463 e. The van der Waals surface area contributed by atoms with Gasteiger partial charge in [0.1, 0.15) is 0 Å². The van der Waals surface area contributed by atoms with Crippen LogP contribution in [0.15, 0.2) is 0 Å². The first-order valence-corrected chi connectivity index (χ1v) is 5.41. The molecule has 0 saturated heterocycles. The first-order chi connectivity index (χ1) is 7.04. The molecule has 0 radical (unpaired) electrons. The third-order valence-corrected chi connectivity index (χ3v) is 1.98. The number of carbonyl (C=O) groups is 2. The van der Waals surface area contributed by atoms with Crippen molar-refractivity contribution in [1.29, 1.82) is 0 Å². The molecule has 0 heterocycles. The van der Waals surface area contributed by atoms with E-state index < -0.39 is 17.5 Å². The normalized spacial score (nSPS) is 12.1. The standard InChI is InChI=1S/C12H22O4/c1-9(13)16-12(5,6)10(14)15-8-7-11(2,3)4/h7-8H2,1-6H3. The van der Waals surface area contributed by atoms with Crippen LogP contribution in [0.1, 0.15) is 48.0 Å². The van der Waals surface area contributed by atoms with Crippen LogP contribution in [-0.2, 0) is 19.1 Å². The lowest BCUT2D eigenvalue weighted by Crippen LogP contribution is -2.38. The average molecular weight is 230 g/mol. The summed E-state index contributed by atoms with van der Waals surface area (Å²) >= 11 is 0. The maximum Gasteiger partial charge on any atom is 0.350 e. The maximum atomic E-state index is 11.6. The molecule has 0 aliphatic heterocycles. The third-order valence-electron chi connectivity index (χ3n) is 1.98. The molecule has 0 aromatic rings. The van der Waals surface area contributed by atoms with Crippen LogP contribution < -0.4 is 0 Å². The fourth-order valence-corrected chi connectivity index (χ4v) is 1.02. The zero-order valence-corrected chi connectivity index (χ0v) is 11.0. The molecule has 0 spiro atoms. The van der Waals surface area contributed by atoms with Crippen molar-refractivity contribution in [1.82, 2.24) is 0 Å². The Bertz CT molecular complexity index is 261. The molecular weight excluding hydrogens is 208 g/mol. The van der Waals surface area contributed by atoms with E-state index in [4.69, 9.17) is 9.47 Å². The maximum absolute atomic E-state index is 11.6. The minimum absolute atomic E-state index is 0.117. The molecule has 0 aromatic heterocycles. The smallest absolute Gasteiger partial charge is 0.350 e. The molecule has 4 heteroatoms. The van der Waals surface area contributed by atoms with E-state index >= 15 is 0 Å². The highest BCUT2D eigenvalue weighted by molar-refractivity contribution is 5.81. The molecule has 0 unspecified atom stereocenters. The molecule has 0 fully saturated rings. The molecule has 0 aliphatic carbocycles. The molecule has 0 bridgehead atoms. The molecule has 0 amide bonds. The highest BCUT2D eigenvalue weighted by Gasteiger charge is 2.32. The van der Waals surface area contributed by atoms with Crippen molar-refractivity contribution in [2.45, 2.75) is 53.6 Å². The lowest BCUT2D eigenvalue weighted by molar-refractivity contribution is -0.177. The van der Waals surface area contributed by atoms with Crippen molar-refractivity contribution < 1.29 is 19.1 Å². The molecule has 0 aromatic carbocycles. The van der Waals surface area contributed by atoms with E-state index in [2.05, 4.69) is 20.8 Å². The van der Waals surface area contributed by atoms with E-state index in [1.165, 1.54) is 20.8 Å². The zero-order valence-electron chi connectivity index (χ0n) is 11.0. The molecule has 0 aliphatic rings. The molecule has 0 N–H and O–H groups in total. The Balaban J connectivity index is 4.10. The first-order valence-electron chi connectivity index (χ1n) is 5.41. The van der Waals surface area contributed by atoms with Gasteiger partial charge in [-0.3, -0.25) is 4.79 Å². The van der Waals surface area contributed by atoms with Gasteiger partial charge in [0.15, 0.2) is 0 Å². The molecule has 0 saturated carbocycles. The second-order valence-corrected chi connectivity index (χ2v) is 5.55. The molecule has 94 valence electrons. The minimum atomic E-state index is -1.20. The van der Waals surface area contributed by atoms with Crippen molar-refractivity contribution in [3.63, 3.8) is 0 Å². The zero-order chi connectivity index (χ0) is 13.0. The average Bonchev–Trinajstić information content (AvgIpc) is 1.98. The summed E-state index contributed by atoms with van der Waals surface area (Å²) < 4.78 is 9.94. The van der Waals surface area contributed by atoms with Crippen LogP contribution in [0.2, 0.25) is 0 Å². The van der Waals surface area contributed by atoms with Crippen LogP contribution >= 0.6 is 0 Å². The predicted octanol–water partition coefficient (Wildman–Crippen LogP) is 2.31. The monoisotopic (exact) mass is 230 g/mol. The number of esters is 2. The van der Waals surface area contributed by atoms with Crippen LogP contribution in [-0.4, -0.2) is 24.1 Å². The number of hydrogen-bond acceptors (Lipinski definition) is 4. The van der Waals surface area contributed by atoms with E-state index in [0.717, 1.165) is 6.42 Å². The summed E-state index contributed by atoms with van der Waals surface area (Å²) in [4.78, 5) is 22.4. The van der Waals surface area contributed by atoms with Crippen LogP contribution in [0.3, 0.4) is 0 Å². The van der Waals surface area contributed by atoms with Gasteiger partial charge in [0.05, 0.1) is 6.61 Å². The summed E-state index contributed by atoms with van der Waals surface area (Å²) in [5.41, 5.74) is -1.09. The van der Waals surface area contributed by atoms with Gasteiger partial charge in [-0.15, -0.1) is 0 Å². The summed E-state index contributed by atoms with van der Waals surface area (Å²) in [6, 6.07) is 0. The van der Waals surface area contributed by atoms with Gasteiger partial charge in [-0.1, -0.05) is 20.8 Å². The first kappa shape index (κ1) is 14.9. The molecule has 4 nitrogen and oxygen atoms in total. The predicted molar refractivity (Wildman–Crippen MR) is 60.9 cm³/mol. The summed E-state index contributed by atoms with van der Waals surface area (Å²) in [5.74, 6) is -0.996. The molecule has 0 rings (SSSR count). The van der Waals surface area contributed by atoms with Crippen LogP contribution in [0.25, 0.3) is 0 Å². The SMILES string of the molecule is CC(=O)OC(C)(C)C(=O)OCCC(C)(C)C. The fraction of sp³-hybridized carbons (Fsp3) is 0.833. The van der Waals surface area contributed by atoms with Gasteiger partial charge >= 0.3 is 11.9 Å². The Morgan fingerprint density at radius 3 is 1.94 bits per heavy atom. The second kappa shape index (κ2) is 5.32. The van der Waals surface area contributed by atoms with Crippen LogP contribution in [0, 0.1) is 5.41 Å². The largest absolute Gasteiger partial charge is 0.463 e. The highest BCUT2D eigenvalue weighted by Crippen LogP contribution is 2.19. The van der Waals surface area contributed by atoms with E-state index in [1.807, 2.05) is 0 Å². The van der Waals surface area contributed by atoms with Crippen molar-refractivity contribution >= 4 is 11.9 Å². The number of ether oxygens (including phenoxy) is 2. The topological polar surface area (TPSA) is 52.6 Å². The van der Waals surface area contributed by atoms with E-state index in [9.17, 15) is 9.59 Å². The van der Waals surface area contributed by atoms with Crippen molar-refractivity contribution in [3.8, 4) is 0 Å². The molecule has 16 heavy (non-hydrogen) atoms. The lowest BCUT2D eigenvalue weighted by atomic mass is 9.93. The fourth-order valence-electron chi connectivity index (χ4n) is 1.02. The molecule has 0 atom stereocenters. The van der Waals surface area contributed by atoms with Crippen molar-refractivity contribution in [3.05, 3.63) is 0 Å². The Kier molecular flexibility index (Phi) is 4.97. The third kappa shape index (κ3) is 6.43. The molecular formula is C12H22O4. The Hall–Kier alpha value is -1.06. The van der Waals surface area contributed by atoms with Gasteiger partial charge in [0.2, 0.25) is 5.60 Å². The summed E-state index contributed by atoms with van der Waals surface area (Å²) in [6.07, 6.45) is 0.773. The summed E-state index contributed by atoms with van der Waals surface area (Å²) in [7, 11) is 0. The Labute approximate surface area is 97.3 Å². The number of rotatable bonds is 4. The van der Waals surface area contributed by atoms with E-state index in [1.54, 1.807) is 0 Å². The van der Waals surface area contributed by atoms with Crippen molar-refractivity contribution in [2.24, 2.45) is 5.41 Å². The van der Waals surface area contributed by atoms with Gasteiger partial charge in [0, 0.05) is 6.92 Å². The van der Waals surface area contributed by atoms with Crippen LogP contribution in [0.5, 0.6) is 0 Å². The number of hydrogen-bond donors (Lipinski definition) is 0. The Morgan fingerprint density at radius 2 is 1.56 bits per heavy atom.